The highest BCUT2D eigenvalue weighted by atomic mass is 32.1. The first-order chi connectivity index (χ1) is 6.15. The van der Waals surface area contributed by atoms with Gasteiger partial charge in [0.1, 0.15) is 6.04 Å². The van der Waals surface area contributed by atoms with Crippen LogP contribution in [0.2, 0.25) is 0 Å². The minimum Gasteiger partial charge on any atom is -0.480 e. The summed E-state index contributed by atoms with van der Waals surface area (Å²) in [5.41, 5.74) is 0. The molecule has 1 atom stereocenters. The van der Waals surface area contributed by atoms with Gasteiger partial charge in [-0.05, 0) is 18.6 Å². The average molecular weight is 203 g/mol. The maximum Gasteiger partial charge on any atom is 0.321 e. The SMILES string of the molecule is CC[C@@H](C(=O)O)N1CNC(=S)NC1. The summed E-state index contributed by atoms with van der Waals surface area (Å²) in [5.74, 6) is -0.793. The van der Waals surface area contributed by atoms with Crippen LogP contribution in [0, 0.1) is 0 Å². The van der Waals surface area contributed by atoms with Gasteiger partial charge >= 0.3 is 5.97 Å². The van der Waals surface area contributed by atoms with Gasteiger partial charge in [0.15, 0.2) is 5.11 Å². The van der Waals surface area contributed by atoms with Gasteiger partial charge in [-0.15, -0.1) is 0 Å². The minimum absolute atomic E-state index is 0.442. The molecule has 0 radical (unpaired) electrons. The topological polar surface area (TPSA) is 64.6 Å². The third kappa shape index (κ3) is 2.53. The molecule has 0 spiro atoms. The summed E-state index contributed by atoms with van der Waals surface area (Å²) in [6.45, 7) is 2.85. The molecule has 0 aromatic heterocycles. The van der Waals surface area contributed by atoms with Gasteiger partial charge in [0.05, 0.1) is 13.3 Å². The molecule has 0 saturated carbocycles. The second-order valence-corrected chi connectivity index (χ2v) is 3.26. The van der Waals surface area contributed by atoms with E-state index in [1.807, 2.05) is 6.92 Å². The number of carbonyl (C=O) groups is 1. The van der Waals surface area contributed by atoms with Crippen LogP contribution in [0.5, 0.6) is 0 Å². The lowest BCUT2D eigenvalue weighted by Gasteiger charge is -2.33. The largest absolute Gasteiger partial charge is 0.480 e. The van der Waals surface area contributed by atoms with Crippen molar-refractivity contribution < 1.29 is 9.90 Å². The highest BCUT2D eigenvalue weighted by Gasteiger charge is 2.25. The molecule has 5 nitrogen and oxygen atoms in total. The molecule has 0 bridgehead atoms. The van der Waals surface area contributed by atoms with Crippen molar-refractivity contribution in [1.29, 1.82) is 0 Å². The van der Waals surface area contributed by atoms with Gasteiger partial charge in [0.2, 0.25) is 0 Å². The molecular weight excluding hydrogens is 190 g/mol. The van der Waals surface area contributed by atoms with Gasteiger partial charge in [0.25, 0.3) is 0 Å². The van der Waals surface area contributed by atoms with Crippen molar-refractivity contribution in [2.75, 3.05) is 13.3 Å². The Morgan fingerprint density at radius 3 is 2.62 bits per heavy atom. The molecule has 0 unspecified atom stereocenters. The van der Waals surface area contributed by atoms with E-state index in [4.69, 9.17) is 17.3 Å². The van der Waals surface area contributed by atoms with E-state index in [2.05, 4.69) is 10.6 Å². The number of rotatable bonds is 3. The number of nitrogens with zero attached hydrogens (tertiary/aromatic N) is 1. The number of hydrogen-bond acceptors (Lipinski definition) is 3. The Kier molecular flexibility index (Phi) is 3.44. The molecule has 1 fully saturated rings. The van der Waals surface area contributed by atoms with Crippen molar-refractivity contribution in [3.63, 3.8) is 0 Å². The molecule has 13 heavy (non-hydrogen) atoms. The maximum absolute atomic E-state index is 10.8. The molecule has 1 aliphatic heterocycles. The molecule has 1 rings (SSSR count). The van der Waals surface area contributed by atoms with Crippen molar-refractivity contribution in [3.05, 3.63) is 0 Å². The van der Waals surface area contributed by atoms with Gasteiger partial charge in [0, 0.05) is 0 Å². The first kappa shape index (κ1) is 10.2. The van der Waals surface area contributed by atoms with Crippen LogP contribution < -0.4 is 10.6 Å². The summed E-state index contributed by atoms with van der Waals surface area (Å²) in [7, 11) is 0. The molecule has 1 aliphatic rings. The molecular formula is C7H13N3O2S. The van der Waals surface area contributed by atoms with E-state index in [-0.39, 0.29) is 0 Å². The van der Waals surface area contributed by atoms with Crippen molar-refractivity contribution in [1.82, 2.24) is 15.5 Å². The van der Waals surface area contributed by atoms with Crippen molar-refractivity contribution in [2.45, 2.75) is 19.4 Å². The van der Waals surface area contributed by atoms with Crippen LogP contribution in [0.25, 0.3) is 0 Å². The molecule has 1 heterocycles. The van der Waals surface area contributed by atoms with Gasteiger partial charge in [-0.2, -0.15) is 0 Å². The van der Waals surface area contributed by atoms with Gasteiger partial charge < -0.3 is 15.7 Å². The van der Waals surface area contributed by atoms with Gasteiger partial charge in [-0.1, -0.05) is 6.92 Å². The van der Waals surface area contributed by atoms with Crippen molar-refractivity contribution >= 4 is 23.3 Å². The van der Waals surface area contributed by atoms with E-state index in [9.17, 15) is 4.79 Å². The van der Waals surface area contributed by atoms with Crippen LogP contribution in [0.1, 0.15) is 13.3 Å². The predicted octanol–water partition coefficient (Wildman–Crippen LogP) is -0.456. The van der Waals surface area contributed by atoms with E-state index in [1.54, 1.807) is 4.90 Å². The molecule has 6 heteroatoms. The average Bonchev–Trinajstić information content (AvgIpc) is 2.09. The molecule has 0 aromatic carbocycles. The molecule has 74 valence electrons. The Morgan fingerprint density at radius 2 is 2.23 bits per heavy atom. The Labute approximate surface area is 82.1 Å². The summed E-state index contributed by atoms with van der Waals surface area (Å²) >= 11 is 4.85. The number of carboxylic acids is 1. The minimum atomic E-state index is -0.793. The quantitative estimate of drug-likeness (QED) is 0.540. The summed E-state index contributed by atoms with van der Waals surface area (Å²) in [4.78, 5) is 12.6. The van der Waals surface area contributed by atoms with Crippen LogP contribution in [0.15, 0.2) is 0 Å². The van der Waals surface area contributed by atoms with Crippen molar-refractivity contribution in [2.24, 2.45) is 0 Å². The smallest absolute Gasteiger partial charge is 0.321 e. The van der Waals surface area contributed by atoms with Gasteiger partial charge in [-0.3, -0.25) is 9.69 Å². The van der Waals surface area contributed by atoms with Crippen LogP contribution >= 0.6 is 12.2 Å². The number of nitrogens with one attached hydrogen (secondary N) is 2. The summed E-state index contributed by atoms with van der Waals surface area (Å²) in [6, 6.07) is -0.442. The number of thiocarbonyl (C=S) groups is 1. The second kappa shape index (κ2) is 4.38. The molecule has 0 amide bonds. The van der Waals surface area contributed by atoms with Gasteiger partial charge in [-0.25, -0.2) is 0 Å². The number of carboxylic acid groups (broad SMARTS) is 1. The van der Waals surface area contributed by atoms with Crippen LogP contribution in [-0.4, -0.2) is 40.5 Å². The Bertz CT molecular complexity index is 212. The summed E-state index contributed by atoms with van der Waals surface area (Å²) in [5, 5.41) is 15.2. The predicted molar refractivity (Wildman–Crippen MR) is 52.2 cm³/mol. The Hall–Kier alpha value is -0.880. The first-order valence-corrected chi connectivity index (χ1v) is 4.54. The third-order valence-corrected chi connectivity index (χ3v) is 2.29. The zero-order valence-corrected chi connectivity index (χ0v) is 8.23. The highest BCUT2D eigenvalue weighted by Crippen LogP contribution is 2.03. The fourth-order valence-electron chi connectivity index (χ4n) is 1.27. The molecule has 3 N–H and O–H groups in total. The lowest BCUT2D eigenvalue weighted by molar-refractivity contribution is -0.143. The van der Waals surface area contributed by atoms with Crippen LogP contribution in [0.3, 0.4) is 0 Å². The zero-order chi connectivity index (χ0) is 9.84. The van der Waals surface area contributed by atoms with Crippen molar-refractivity contribution in [3.8, 4) is 0 Å². The number of aliphatic carboxylic acids is 1. The lowest BCUT2D eigenvalue weighted by Crippen LogP contribution is -2.58. The van der Waals surface area contributed by atoms with E-state index in [0.717, 1.165) is 0 Å². The standard InChI is InChI=1S/C7H13N3O2S/c1-2-5(6(11)12)10-3-8-7(13)9-4-10/h5H,2-4H2,1H3,(H,11,12)(H2,8,9,13)/t5-/m0/s1. The first-order valence-electron chi connectivity index (χ1n) is 4.13. The molecule has 0 aliphatic carbocycles. The monoisotopic (exact) mass is 203 g/mol. The fraction of sp³-hybridized carbons (Fsp3) is 0.714. The third-order valence-electron chi connectivity index (χ3n) is 2.00. The lowest BCUT2D eigenvalue weighted by atomic mass is 10.2. The van der Waals surface area contributed by atoms with E-state index in [1.165, 1.54) is 0 Å². The Balaban J connectivity index is 2.50. The zero-order valence-electron chi connectivity index (χ0n) is 7.41. The normalized spacial score (nSPS) is 20.2. The van der Waals surface area contributed by atoms with E-state index < -0.39 is 12.0 Å². The van der Waals surface area contributed by atoms with E-state index in [0.29, 0.717) is 24.9 Å². The van der Waals surface area contributed by atoms with Crippen LogP contribution in [-0.2, 0) is 4.79 Å². The second-order valence-electron chi connectivity index (χ2n) is 2.85. The number of hydrogen-bond donors (Lipinski definition) is 3. The van der Waals surface area contributed by atoms with Crippen LogP contribution in [0.4, 0.5) is 0 Å². The highest BCUT2D eigenvalue weighted by molar-refractivity contribution is 7.80. The molecule has 1 saturated heterocycles. The fourth-order valence-corrected chi connectivity index (χ4v) is 1.40. The summed E-state index contributed by atoms with van der Waals surface area (Å²) in [6.07, 6.45) is 0.589. The summed E-state index contributed by atoms with van der Waals surface area (Å²) < 4.78 is 0. The molecule has 0 aromatic rings. The van der Waals surface area contributed by atoms with E-state index >= 15 is 0 Å². The Morgan fingerprint density at radius 1 is 1.69 bits per heavy atom. The maximum atomic E-state index is 10.8.